The van der Waals surface area contributed by atoms with Gasteiger partial charge in [0.2, 0.25) is 11.8 Å². The zero-order valence-corrected chi connectivity index (χ0v) is 11.9. The van der Waals surface area contributed by atoms with E-state index in [4.69, 9.17) is 0 Å². The molecule has 2 saturated heterocycles. The second kappa shape index (κ2) is 6.89. The number of carbonyl (C=O) groups is 2. The average molecular weight is 267 g/mol. The number of hydrogen-bond donors (Lipinski definition) is 1. The summed E-state index contributed by atoms with van der Waals surface area (Å²) in [5, 5.41) is 3.33. The van der Waals surface area contributed by atoms with Crippen molar-refractivity contribution in [2.45, 2.75) is 32.6 Å². The lowest BCUT2D eigenvalue weighted by Crippen LogP contribution is -2.36. The Kier molecular flexibility index (Phi) is 5.19. The first kappa shape index (κ1) is 14.3. The standard InChI is InChI=1S/C14H25N3O2/c1-12(18)16-7-2-8-17(10-9-16)14(19)4-3-13-5-6-15-11-13/h13,15H,2-11H2,1H3. The summed E-state index contributed by atoms with van der Waals surface area (Å²) in [5.41, 5.74) is 0. The van der Waals surface area contributed by atoms with Gasteiger partial charge in [0.25, 0.3) is 0 Å². The van der Waals surface area contributed by atoms with Crippen molar-refractivity contribution in [1.82, 2.24) is 15.1 Å². The van der Waals surface area contributed by atoms with Gasteiger partial charge in [-0.05, 0) is 38.3 Å². The Bertz CT molecular complexity index is 327. The van der Waals surface area contributed by atoms with Gasteiger partial charge in [0, 0.05) is 39.5 Å². The largest absolute Gasteiger partial charge is 0.341 e. The third-order valence-electron chi connectivity index (χ3n) is 4.22. The van der Waals surface area contributed by atoms with Crippen LogP contribution in [0.25, 0.3) is 0 Å². The van der Waals surface area contributed by atoms with Crippen LogP contribution in [0.4, 0.5) is 0 Å². The minimum atomic E-state index is 0.117. The highest BCUT2D eigenvalue weighted by atomic mass is 16.2. The molecule has 2 fully saturated rings. The third kappa shape index (κ3) is 4.20. The molecule has 0 aromatic heterocycles. The van der Waals surface area contributed by atoms with E-state index in [1.165, 1.54) is 6.42 Å². The molecule has 1 atom stereocenters. The van der Waals surface area contributed by atoms with E-state index in [-0.39, 0.29) is 11.8 Å². The van der Waals surface area contributed by atoms with Crippen LogP contribution in [0.3, 0.4) is 0 Å². The maximum atomic E-state index is 12.2. The molecule has 2 amide bonds. The van der Waals surface area contributed by atoms with E-state index in [2.05, 4.69) is 5.32 Å². The Morgan fingerprint density at radius 1 is 1.16 bits per heavy atom. The molecule has 0 spiro atoms. The van der Waals surface area contributed by atoms with Gasteiger partial charge in [0.1, 0.15) is 0 Å². The molecule has 2 rings (SSSR count). The van der Waals surface area contributed by atoms with Crippen molar-refractivity contribution in [3.05, 3.63) is 0 Å². The van der Waals surface area contributed by atoms with E-state index in [0.29, 0.717) is 25.4 Å². The first-order valence-electron chi connectivity index (χ1n) is 7.41. The number of hydrogen-bond acceptors (Lipinski definition) is 3. The zero-order valence-electron chi connectivity index (χ0n) is 11.9. The lowest BCUT2D eigenvalue weighted by atomic mass is 10.0. The van der Waals surface area contributed by atoms with Crippen LogP contribution >= 0.6 is 0 Å². The van der Waals surface area contributed by atoms with E-state index in [0.717, 1.165) is 39.0 Å². The van der Waals surface area contributed by atoms with Crippen LogP contribution in [0.1, 0.15) is 32.6 Å². The zero-order chi connectivity index (χ0) is 13.7. The van der Waals surface area contributed by atoms with Gasteiger partial charge in [-0.25, -0.2) is 0 Å². The third-order valence-corrected chi connectivity index (χ3v) is 4.22. The number of amides is 2. The number of rotatable bonds is 3. The summed E-state index contributed by atoms with van der Waals surface area (Å²) in [6.07, 6.45) is 3.76. The molecular formula is C14H25N3O2. The molecule has 0 aromatic carbocycles. The molecule has 2 aliphatic heterocycles. The van der Waals surface area contributed by atoms with Crippen LogP contribution in [0, 0.1) is 5.92 Å². The summed E-state index contributed by atoms with van der Waals surface area (Å²) < 4.78 is 0. The molecule has 1 unspecified atom stereocenters. The molecule has 19 heavy (non-hydrogen) atoms. The lowest BCUT2D eigenvalue weighted by Gasteiger charge is -2.22. The number of carbonyl (C=O) groups excluding carboxylic acids is 2. The Hall–Kier alpha value is -1.10. The summed E-state index contributed by atoms with van der Waals surface area (Å²) in [6, 6.07) is 0. The van der Waals surface area contributed by atoms with Gasteiger partial charge in [0.15, 0.2) is 0 Å². The first-order chi connectivity index (χ1) is 9.16. The maximum absolute atomic E-state index is 12.2. The molecule has 5 nitrogen and oxygen atoms in total. The van der Waals surface area contributed by atoms with Crippen molar-refractivity contribution < 1.29 is 9.59 Å². The Morgan fingerprint density at radius 2 is 1.89 bits per heavy atom. The van der Waals surface area contributed by atoms with Gasteiger partial charge in [-0.1, -0.05) is 0 Å². The molecule has 0 aromatic rings. The highest BCUT2D eigenvalue weighted by molar-refractivity contribution is 5.76. The SMILES string of the molecule is CC(=O)N1CCCN(C(=O)CCC2CCNC2)CC1. The fourth-order valence-corrected chi connectivity index (χ4v) is 2.93. The topological polar surface area (TPSA) is 52.7 Å². The van der Waals surface area contributed by atoms with Crippen molar-refractivity contribution >= 4 is 11.8 Å². The van der Waals surface area contributed by atoms with Gasteiger partial charge in [-0.3, -0.25) is 9.59 Å². The van der Waals surface area contributed by atoms with Gasteiger partial charge in [0.05, 0.1) is 0 Å². The normalized spacial score (nSPS) is 24.4. The second-order valence-electron chi connectivity index (χ2n) is 5.64. The van der Waals surface area contributed by atoms with Gasteiger partial charge < -0.3 is 15.1 Å². The average Bonchev–Trinajstić information content (AvgIpc) is 2.77. The molecule has 0 bridgehead atoms. The van der Waals surface area contributed by atoms with E-state index >= 15 is 0 Å². The smallest absolute Gasteiger partial charge is 0.222 e. The van der Waals surface area contributed by atoms with Gasteiger partial charge >= 0.3 is 0 Å². The van der Waals surface area contributed by atoms with Crippen molar-refractivity contribution in [3.8, 4) is 0 Å². The fraction of sp³-hybridized carbons (Fsp3) is 0.857. The summed E-state index contributed by atoms with van der Waals surface area (Å²) in [6.45, 7) is 6.72. The summed E-state index contributed by atoms with van der Waals surface area (Å²) in [5.74, 6) is 1.05. The van der Waals surface area contributed by atoms with Crippen molar-refractivity contribution in [3.63, 3.8) is 0 Å². The quantitative estimate of drug-likeness (QED) is 0.808. The highest BCUT2D eigenvalue weighted by Gasteiger charge is 2.22. The van der Waals surface area contributed by atoms with Crippen molar-refractivity contribution in [2.75, 3.05) is 39.3 Å². The molecule has 2 heterocycles. The van der Waals surface area contributed by atoms with E-state index in [9.17, 15) is 9.59 Å². The van der Waals surface area contributed by atoms with Gasteiger partial charge in [-0.2, -0.15) is 0 Å². The monoisotopic (exact) mass is 267 g/mol. The molecule has 0 radical (unpaired) electrons. The Labute approximate surface area is 115 Å². The molecule has 5 heteroatoms. The predicted octanol–water partition coefficient (Wildman–Crippen LogP) is 0.457. The minimum Gasteiger partial charge on any atom is -0.341 e. The maximum Gasteiger partial charge on any atom is 0.222 e. The Morgan fingerprint density at radius 3 is 2.58 bits per heavy atom. The van der Waals surface area contributed by atoms with Crippen LogP contribution in [-0.2, 0) is 9.59 Å². The molecule has 0 saturated carbocycles. The molecule has 2 aliphatic rings. The molecule has 108 valence electrons. The molecule has 0 aliphatic carbocycles. The van der Waals surface area contributed by atoms with Crippen LogP contribution in [-0.4, -0.2) is 60.9 Å². The van der Waals surface area contributed by atoms with Crippen LogP contribution in [0.5, 0.6) is 0 Å². The van der Waals surface area contributed by atoms with Crippen LogP contribution in [0.15, 0.2) is 0 Å². The lowest BCUT2D eigenvalue weighted by molar-refractivity contribution is -0.132. The van der Waals surface area contributed by atoms with E-state index < -0.39 is 0 Å². The van der Waals surface area contributed by atoms with Crippen molar-refractivity contribution in [1.29, 1.82) is 0 Å². The van der Waals surface area contributed by atoms with Crippen molar-refractivity contribution in [2.24, 2.45) is 5.92 Å². The first-order valence-corrected chi connectivity index (χ1v) is 7.41. The van der Waals surface area contributed by atoms with E-state index in [1.54, 1.807) is 6.92 Å². The van der Waals surface area contributed by atoms with Gasteiger partial charge in [-0.15, -0.1) is 0 Å². The molecule has 1 N–H and O–H groups in total. The summed E-state index contributed by atoms with van der Waals surface area (Å²) in [4.78, 5) is 27.3. The van der Waals surface area contributed by atoms with E-state index in [1.807, 2.05) is 9.80 Å². The Balaban J connectivity index is 1.74. The number of nitrogens with one attached hydrogen (secondary N) is 1. The summed E-state index contributed by atoms with van der Waals surface area (Å²) >= 11 is 0. The second-order valence-corrected chi connectivity index (χ2v) is 5.64. The highest BCUT2D eigenvalue weighted by Crippen LogP contribution is 2.15. The fourth-order valence-electron chi connectivity index (χ4n) is 2.93. The summed E-state index contributed by atoms with van der Waals surface area (Å²) in [7, 11) is 0. The predicted molar refractivity (Wildman–Crippen MR) is 73.7 cm³/mol. The minimum absolute atomic E-state index is 0.117. The van der Waals surface area contributed by atoms with Crippen LogP contribution in [0.2, 0.25) is 0 Å². The number of nitrogens with zero attached hydrogens (tertiary/aromatic N) is 2. The van der Waals surface area contributed by atoms with Crippen LogP contribution < -0.4 is 5.32 Å². The molecular weight excluding hydrogens is 242 g/mol.